The quantitative estimate of drug-likeness (QED) is 0.0101. The van der Waals surface area contributed by atoms with Gasteiger partial charge in [0.15, 0.2) is 0 Å². The molecule has 17 N–H and O–H groups in total. The molecule has 8 aromatic carbocycles. The minimum atomic E-state index is -1.22. The summed E-state index contributed by atoms with van der Waals surface area (Å²) in [7, 11) is 0. The second-order valence-corrected chi connectivity index (χ2v) is 35.2. The number of aromatic carboxylic acids is 4. The molecular formula is C102H87N5O22S4. The van der Waals surface area contributed by atoms with Crippen LogP contribution in [0.15, 0.2) is 231 Å². The van der Waals surface area contributed by atoms with E-state index in [9.17, 15) is 93.9 Å². The van der Waals surface area contributed by atoms with Gasteiger partial charge in [0.05, 0.1) is 12.2 Å². The summed E-state index contributed by atoms with van der Waals surface area (Å²) in [6.07, 6.45) is 17.9. The molecule has 676 valence electrons. The van der Waals surface area contributed by atoms with Crippen molar-refractivity contribution in [3.8, 4) is 67.5 Å². The number of allylic oxidation sites excluding steroid dienone is 1. The maximum atomic E-state index is 13.6. The van der Waals surface area contributed by atoms with Gasteiger partial charge in [-0.05, 0) is 116 Å². The lowest BCUT2D eigenvalue weighted by Gasteiger charge is -2.04. The molecule has 0 aliphatic rings. The van der Waals surface area contributed by atoms with Crippen molar-refractivity contribution < 1.29 is 109 Å². The van der Waals surface area contributed by atoms with Gasteiger partial charge in [-0.3, -0.25) is 28.8 Å². The van der Waals surface area contributed by atoms with Crippen molar-refractivity contribution in [1.29, 1.82) is 0 Å². The highest BCUT2D eigenvalue weighted by Crippen LogP contribution is 2.50. The summed E-state index contributed by atoms with van der Waals surface area (Å²) in [4.78, 5) is 138. The number of unbranched alkanes of at least 4 members (excludes halogenated alkanes) is 4. The van der Waals surface area contributed by atoms with Crippen LogP contribution in [0.2, 0.25) is 0 Å². The first-order chi connectivity index (χ1) is 64.2. The molecule has 0 spiro atoms. The molecule has 9 heterocycles. The molecule has 17 rings (SSSR count). The van der Waals surface area contributed by atoms with E-state index >= 15 is 0 Å². The number of aliphatic hydroxyl groups excluding tert-OH is 2. The van der Waals surface area contributed by atoms with Crippen molar-refractivity contribution in [2.75, 3.05) is 13.2 Å². The molecule has 0 aliphatic heterocycles. The van der Waals surface area contributed by atoms with Crippen LogP contribution in [0.5, 0.6) is 23.0 Å². The number of aliphatic carboxylic acids is 2. The molecule has 0 atom stereocenters. The van der Waals surface area contributed by atoms with E-state index in [1.54, 1.807) is 134 Å². The van der Waals surface area contributed by atoms with Crippen molar-refractivity contribution in [2.24, 2.45) is 0 Å². The third-order valence-electron chi connectivity index (χ3n) is 22.6. The average Bonchev–Trinajstić information content (AvgIpc) is 1.62. The molecule has 0 amide bonds. The van der Waals surface area contributed by atoms with E-state index in [1.807, 2.05) is 97.9 Å². The second-order valence-electron chi connectivity index (χ2n) is 31.1. The van der Waals surface area contributed by atoms with Crippen LogP contribution in [0, 0.1) is 0 Å². The van der Waals surface area contributed by atoms with Gasteiger partial charge in [-0.15, -0.1) is 45.3 Å². The fourth-order valence-corrected chi connectivity index (χ4v) is 20.1. The van der Waals surface area contributed by atoms with Crippen LogP contribution < -0.4 is 0 Å². The predicted octanol–water partition coefficient (Wildman–Crippen LogP) is 21.4. The zero-order valence-electron chi connectivity index (χ0n) is 71.1. The Kier molecular flexibility index (Phi) is 29.6. The van der Waals surface area contributed by atoms with Gasteiger partial charge < -0.3 is 86.2 Å². The number of nitrogens with one attached hydrogen (secondary N) is 5. The molecule has 17 aromatic rings. The van der Waals surface area contributed by atoms with Gasteiger partial charge in [0.1, 0.15) is 62.0 Å². The number of carbonyl (C=O) groups excluding carboxylic acids is 4. The first-order valence-electron chi connectivity index (χ1n) is 42.1. The molecule has 0 saturated carbocycles. The molecule has 9 aromatic heterocycles. The number of aromatic amines is 5. The van der Waals surface area contributed by atoms with E-state index in [-0.39, 0.29) is 110 Å². The average molecular weight is 1860 g/mol. The van der Waals surface area contributed by atoms with Crippen LogP contribution in [0.25, 0.3) is 99.0 Å². The predicted molar refractivity (Wildman–Crippen MR) is 512 cm³/mol. The fourth-order valence-electron chi connectivity index (χ4n) is 16.1. The van der Waals surface area contributed by atoms with Crippen LogP contribution in [-0.4, -0.2) is 158 Å². The largest absolute Gasteiger partial charge is 0.506 e. The van der Waals surface area contributed by atoms with Crippen LogP contribution in [0.4, 0.5) is 0 Å². The summed E-state index contributed by atoms with van der Waals surface area (Å²) in [6, 6.07) is 55.8. The number of fused-ring (bicyclic) bond motifs is 5. The van der Waals surface area contributed by atoms with Gasteiger partial charge in [-0.25, -0.2) is 19.2 Å². The number of hydrogen-bond donors (Lipinski definition) is 17. The van der Waals surface area contributed by atoms with Gasteiger partial charge in [0.2, 0.25) is 23.1 Å². The van der Waals surface area contributed by atoms with Crippen molar-refractivity contribution >= 4 is 159 Å². The monoisotopic (exact) mass is 1860 g/mol. The molecule has 0 aliphatic carbocycles. The van der Waals surface area contributed by atoms with E-state index in [4.69, 9.17) is 15.3 Å². The minimum Gasteiger partial charge on any atom is -0.506 e. The Morgan fingerprint density at radius 1 is 0.308 bits per heavy atom. The van der Waals surface area contributed by atoms with Crippen LogP contribution in [0.3, 0.4) is 0 Å². The van der Waals surface area contributed by atoms with Crippen LogP contribution in [0.1, 0.15) is 187 Å². The maximum absolute atomic E-state index is 13.6. The van der Waals surface area contributed by atoms with Gasteiger partial charge in [0, 0.05) is 149 Å². The normalized spacial score (nSPS) is 11.3. The number of carboxylic acid groups (broad SMARTS) is 6. The van der Waals surface area contributed by atoms with Crippen molar-refractivity contribution in [3.05, 3.63) is 314 Å². The van der Waals surface area contributed by atoms with Crippen molar-refractivity contribution in [2.45, 2.75) is 90.4 Å². The summed E-state index contributed by atoms with van der Waals surface area (Å²) in [5, 5.41) is 122. The first kappa shape index (κ1) is 93.8. The summed E-state index contributed by atoms with van der Waals surface area (Å²) in [5.74, 6) is -9.60. The van der Waals surface area contributed by atoms with Crippen molar-refractivity contribution in [1.82, 2.24) is 24.9 Å². The number of ketones is 4. The maximum Gasteiger partial charge on any atom is 0.346 e. The second kappa shape index (κ2) is 42.0. The fraction of sp³-hybridized carbons (Fsp3) is 0.157. The topological polar surface area (TPSA) is 492 Å². The Balaban J connectivity index is 0.000000143. The lowest BCUT2D eigenvalue weighted by atomic mass is 10.00. The zero-order chi connectivity index (χ0) is 94.4. The number of benzene rings is 8. The highest BCUT2D eigenvalue weighted by Gasteiger charge is 2.35. The number of aromatic hydroxyl groups is 4. The molecule has 0 bridgehead atoms. The lowest BCUT2D eigenvalue weighted by Crippen LogP contribution is -1.98. The number of aryl methyl sites for hydroxylation is 3. The number of carboxylic acids is 6. The summed E-state index contributed by atoms with van der Waals surface area (Å²) >= 11 is 3.08. The molecule has 0 saturated heterocycles. The van der Waals surface area contributed by atoms with Crippen LogP contribution in [-0.2, 0) is 35.3 Å². The number of para-hydroxylation sites is 5. The number of H-pyrrole nitrogens is 5. The Morgan fingerprint density at radius 3 is 0.940 bits per heavy atom. The summed E-state index contributed by atoms with van der Waals surface area (Å²) < 4.78 is 0. The van der Waals surface area contributed by atoms with E-state index < -0.39 is 58.9 Å². The summed E-state index contributed by atoms with van der Waals surface area (Å²) in [6.45, 7) is 2.00. The van der Waals surface area contributed by atoms with Crippen molar-refractivity contribution in [3.63, 3.8) is 0 Å². The SMILES string of the molecule is C/C(=C/Cc1cccc2c(C(=O)c3sc(C(=O)O)c(-c4ccccc4)c3O)c[nH]c12)CO.O=C(O)CCCCc1cccc2c(C(=O)c3sc(C(=O)O)c(-c4c[nH]c5ccccc45)c3O)c[nH]c12.O=C(O)CCCCc1cccc2c(C(=O)c3sc(C(=O)O)c(-c4ccccc4)c3O)c[nH]c12.O=C(O)c1sc(C(=O)c2c[nH]c3c(CCCCCO)cccc23)c(O)c1-c1ccccc1. The molecule has 0 unspecified atom stereocenters. The number of thiophene rings is 4. The number of aromatic nitrogens is 5. The van der Waals surface area contributed by atoms with Gasteiger partial charge >= 0.3 is 35.8 Å². The Morgan fingerprint density at radius 2 is 0.609 bits per heavy atom. The highest BCUT2D eigenvalue weighted by atomic mass is 32.1. The van der Waals surface area contributed by atoms with Gasteiger partial charge in [-0.1, -0.05) is 200 Å². The molecule has 27 nitrogen and oxygen atoms in total. The lowest BCUT2D eigenvalue weighted by molar-refractivity contribution is -0.138. The molecule has 0 fully saturated rings. The first-order valence-corrected chi connectivity index (χ1v) is 45.4. The Bertz CT molecular complexity index is 7340. The van der Waals surface area contributed by atoms with E-state index in [1.165, 1.54) is 0 Å². The molecular weight excluding hydrogens is 1780 g/mol. The minimum absolute atomic E-state index is 0.00972. The molecule has 0 radical (unpaired) electrons. The van der Waals surface area contributed by atoms with E-state index in [0.29, 0.717) is 106 Å². The zero-order valence-corrected chi connectivity index (χ0v) is 74.3. The summed E-state index contributed by atoms with van der Waals surface area (Å²) in [5.41, 5.74) is 12.9. The third-order valence-corrected chi connectivity index (χ3v) is 27.2. The standard InChI is InChI=1S/C27H22N2O6S.C25H21NO6S.C25H21NO5S.C25H23NO5S/c30-20(31)11-4-1-6-14-7-5-9-16-18(13-29-22(14)16)23(32)26-24(33)21(25(36-26)27(34)35)17-12-28-19-10-3-2-8-15(17)19;27-18(28)12-5-4-9-15-10-6-11-16-17(13-26-20(15)16)21(29)24-22(30)19(23(33-24)25(31)32)14-7-2-1-3-8-14;1-14(13-27)10-11-16-8-5-9-17-18(12-26-20(16)17)21(28)24-22(29)19(23(32-24)25(30)31)15-6-3-2-4-7-15;27-13-6-2-5-10-16-11-7-12-17-18(14-26-20(16)17)21(28)24-22(29)19(23(32-24)25(30)31)15-8-3-1-4-9-15/h2-3,5,7-10,12-13,28-29,33H,1,4,6,11H2,(H,30,31)(H,34,35);1-3,6-8,10-11,13,26,30H,4-5,9,12H2,(H,27,28)(H,31,32);2-10,12,26-27,29H,11,13H2,1H3,(H,30,31);1,3-4,7-9,11-12,14,26-27,29H,2,5-6,10,13H2,(H,30,31)/b;;14-10-;. The molecule has 133 heavy (non-hydrogen) atoms. The number of carbonyl (C=O) groups is 10. The number of hydrogen-bond acceptors (Lipinski definition) is 20. The third kappa shape index (κ3) is 20.2. The van der Waals surface area contributed by atoms with Gasteiger partial charge in [0.25, 0.3) is 0 Å². The number of aliphatic hydroxyl groups is 2. The smallest absolute Gasteiger partial charge is 0.346 e. The highest BCUT2D eigenvalue weighted by molar-refractivity contribution is 7.18. The van der Waals surface area contributed by atoms with E-state index in [0.717, 1.165) is 137 Å². The van der Waals surface area contributed by atoms with Crippen LogP contribution >= 0.6 is 45.3 Å². The molecule has 31 heteroatoms. The Labute approximate surface area is 773 Å². The number of rotatable bonds is 34. The Hall–Kier alpha value is -15.4. The van der Waals surface area contributed by atoms with E-state index in [2.05, 4.69) is 24.9 Å². The van der Waals surface area contributed by atoms with Gasteiger partial charge in [-0.2, -0.15) is 0 Å².